The lowest BCUT2D eigenvalue weighted by Gasteiger charge is -2.33. The van der Waals surface area contributed by atoms with Gasteiger partial charge in [0.05, 0.1) is 0 Å². The Labute approximate surface area is 123 Å². The quantitative estimate of drug-likeness (QED) is 0.901. The molecule has 110 valence electrons. The highest BCUT2D eigenvalue weighted by Gasteiger charge is 2.29. The second-order valence-electron chi connectivity index (χ2n) is 6.70. The molecule has 0 amide bonds. The smallest absolute Gasteiger partial charge is 0.0351 e. The maximum absolute atomic E-state index is 3.99. The predicted octanol–water partition coefficient (Wildman–Crippen LogP) is 3.60. The van der Waals surface area contributed by atoms with Crippen LogP contribution in [0.25, 0.3) is 0 Å². The SMILES string of the molecule is CN1CCC(NC(c2ccccc2)C2CCCCC2)C1. The second-order valence-corrected chi connectivity index (χ2v) is 6.70. The fourth-order valence-corrected chi connectivity index (χ4v) is 3.96. The molecule has 0 bridgehead atoms. The van der Waals surface area contributed by atoms with E-state index in [2.05, 4.69) is 47.6 Å². The van der Waals surface area contributed by atoms with Crippen molar-refractivity contribution in [2.75, 3.05) is 20.1 Å². The zero-order valence-electron chi connectivity index (χ0n) is 12.7. The molecule has 0 radical (unpaired) electrons. The fraction of sp³-hybridized carbons (Fsp3) is 0.667. The third-order valence-electron chi connectivity index (χ3n) is 5.09. The average Bonchev–Trinajstić information content (AvgIpc) is 2.92. The lowest BCUT2D eigenvalue weighted by Crippen LogP contribution is -2.38. The molecule has 2 atom stereocenters. The summed E-state index contributed by atoms with van der Waals surface area (Å²) in [6.45, 7) is 2.44. The molecule has 0 spiro atoms. The zero-order chi connectivity index (χ0) is 13.8. The van der Waals surface area contributed by atoms with E-state index in [1.54, 1.807) is 0 Å². The van der Waals surface area contributed by atoms with Crippen LogP contribution in [-0.4, -0.2) is 31.1 Å². The van der Waals surface area contributed by atoms with Gasteiger partial charge in [0.15, 0.2) is 0 Å². The Hall–Kier alpha value is -0.860. The number of likely N-dealkylation sites (tertiary alicyclic amines) is 1. The summed E-state index contributed by atoms with van der Waals surface area (Å²) in [7, 11) is 2.24. The van der Waals surface area contributed by atoms with Crippen molar-refractivity contribution in [2.45, 2.75) is 50.6 Å². The van der Waals surface area contributed by atoms with Crippen molar-refractivity contribution in [1.82, 2.24) is 10.2 Å². The minimum absolute atomic E-state index is 0.563. The molecule has 1 N–H and O–H groups in total. The minimum atomic E-state index is 0.563. The molecule has 20 heavy (non-hydrogen) atoms. The van der Waals surface area contributed by atoms with Crippen molar-refractivity contribution in [1.29, 1.82) is 0 Å². The van der Waals surface area contributed by atoms with E-state index in [4.69, 9.17) is 0 Å². The highest BCUT2D eigenvalue weighted by molar-refractivity contribution is 5.20. The van der Waals surface area contributed by atoms with Gasteiger partial charge in [0.2, 0.25) is 0 Å². The van der Waals surface area contributed by atoms with Gasteiger partial charge in [-0.3, -0.25) is 0 Å². The Kier molecular flexibility index (Phi) is 4.74. The van der Waals surface area contributed by atoms with Gasteiger partial charge in [-0.1, -0.05) is 49.6 Å². The third-order valence-corrected chi connectivity index (χ3v) is 5.09. The molecule has 1 aromatic rings. The minimum Gasteiger partial charge on any atom is -0.306 e. The van der Waals surface area contributed by atoms with Crippen LogP contribution in [-0.2, 0) is 0 Å². The molecule has 1 aliphatic carbocycles. The maximum Gasteiger partial charge on any atom is 0.0351 e. The van der Waals surface area contributed by atoms with Gasteiger partial charge in [-0.25, -0.2) is 0 Å². The summed E-state index contributed by atoms with van der Waals surface area (Å²) in [5.41, 5.74) is 1.49. The highest BCUT2D eigenvalue weighted by atomic mass is 15.2. The first-order valence-electron chi connectivity index (χ1n) is 8.32. The van der Waals surface area contributed by atoms with Crippen LogP contribution < -0.4 is 5.32 Å². The molecule has 2 heteroatoms. The Morgan fingerprint density at radius 2 is 1.80 bits per heavy atom. The van der Waals surface area contributed by atoms with E-state index in [9.17, 15) is 0 Å². The first kappa shape index (κ1) is 14.1. The summed E-state index contributed by atoms with van der Waals surface area (Å²) in [4.78, 5) is 2.45. The predicted molar refractivity (Wildman–Crippen MR) is 84.8 cm³/mol. The van der Waals surface area contributed by atoms with Crippen molar-refractivity contribution >= 4 is 0 Å². The van der Waals surface area contributed by atoms with E-state index in [-0.39, 0.29) is 0 Å². The van der Waals surface area contributed by atoms with Gasteiger partial charge in [-0.2, -0.15) is 0 Å². The monoisotopic (exact) mass is 272 g/mol. The highest BCUT2D eigenvalue weighted by Crippen LogP contribution is 2.35. The summed E-state index contributed by atoms with van der Waals surface area (Å²) in [5.74, 6) is 0.831. The standard InChI is InChI=1S/C18H28N2/c1-20-13-12-17(14-20)19-18(15-8-4-2-5-9-15)16-10-6-3-7-11-16/h2,4-5,8-9,16-19H,3,6-7,10-14H2,1H3. The van der Waals surface area contributed by atoms with E-state index in [0.29, 0.717) is 12.1 Å². The van der Waals surface area contributed by atoms with Gasteiger partial charge < -0.3 is 10.2 Å². The Balaban J connectivity index is 1.72. The van der Waals surface area contributed by atoms with Crippen LogP contribution in [0.15, 0.2) is 30.3 Å². The molecule has 1 heterocycles. The van der Waals surface area contributed by atoms with E-state index >= 15 is 0 Å². The van der Waals surface area contributed by atoms with Gasteiger partial charge in [-0.15, -0.1) is 0 Å². The summed E-state index contributed by atoms with van der Waals surface area (Å²) >= 11 is 0. The summed E-state index contributed by atoms with van der Waals surface area (Å²) in [6, 6.07) is 12.4. The first-order chi connectivity index (χ1) is 9.83. The molecule has 2 fully saturated rings. The summed E-state index contributed by atoms with van der Waals surface area (Å²) in [6.07, 6.45) is 8.36. The first-order valence-corrected chi connectivity index (χ1v) is 8.32. The number of hydrogen-bond acceptors (Lipinski definition) is 2. The number of likely N-dealkylation sites (N-methyl/N-ethyl adjacent to an activating group) is 1. The van der Waals surface area contributed by atoms with Crippen LogP contribution in [0.4, 0.5) is 0 Å². The van der Waals surface area contributed by atoms with Crippen LogP contribution in [0.3, 0.4) is 0 Å². The lowest BCUT2D eigenvalue weighted by molar-refractivity contribution is 0.252. The molecule has 2 unspecified atom stereocenters. The molecule has 1 aliphatic heterocycles. The van der Waals surface area contributed by atoms with Gasteiger partial charge >= 0.3 is 0 Å². The molecule has 0 aromatic heterocycles. The molecular weight excluding hydrogens is 244 g/mol. The number of rotatable bonds is 4. The topological polar surface area (TPSA) is 15.3 Å². The number of nitrogens with one attached hydrogen (secondary N) is 1. The Morgan fingerprint density at radius 1 is 1.05 bits per heavy atom. The van der Waals surface area contributed by atoms with Gasteiger partial charge in [0.1, 0.15) is 0 Å². The molecule has 1 aromatic carbocycles. The largest absolute Gasteiger partial charge is 0.306 e. The Morgan fingerprint density at radius 3 is 2.45 bits per heavy atom. The van der Waals surface area contributed by atoms with Crippen molar-refractivity contribution in [3.05, 3.63) is 35.9 Å². The van der Waals surface area contributed by atoms with Crippen LogP contribution in [0.1, 0.15) is 50.1 Å². The lowest BCUT2D eigenvalue weighted by atomic mass is 9.81. The van der Waals surface area contributed by atoms with Crippen LogP contribution in [0, 0.1) is 5.92 Å². The van der Waals surface area contributed by atoms with Crippen LogP contribution >= 0.6 is 0 Å². The normalized spacial score (nSPS) is 26.8. The van der Waals surface area contributed by atoms with E-state index in [1.807, 2.05) is 0 Å². The maximum atomic E-state index is 3.99. The Bertz CT molecular complexity index is 397. The molecule has 1 saturated heterocycles. The van der Waals surface area contributed by atoms with Crippen molar-refractivity contribution in [3.8, 4) is 0 Å². The fourth-order valence-electron chi connectivity index (χ4n) is 3.96. The van der Waals surface area contributed by atoms with Crippen molar-refractivity contribution in [3.63, 3.8) is 0 Å². The molecule has 3 rings (SSSR count). The summed E-state index contributed by atoms with van der Waals surface area (Å²) < 4.78 is 0. The van der Waals surface area contributed by atoms with E-state index < -0.39 is 0 Å². The van der Waals surface area contributed by atoms with Crippen LogP contribution in [0.5, 0.6) is 0 Å². The van der Waals surface area contributed by atoms with E-state index in [1.165, 1.54) is 57.2 Å². The average molecular weight is 272 g/mol. The molecular formula is C18H28N2. The summed E-state index contributed by atoms with van der Waals surface area (Å²) in [5, 5.41) is 3.99. The second kappa shape index (κ2) is 6.73. The van der Waals surface area contributed by atoms with Gasteiger partial charge in [0.25, 0.3) is 0 Å². The van der Waals surface area contributed by atoms with Crippen LogP contribution in [0.2, 0.25) is 0 Å². The molecule has 1 saturated carbocycles. The van der Waals surface area contributed by atoms with Crippen molar-refractivity contribution < 1.29 is 0 Å². The molecule has 2 aliphatic rings. The number of benzene rings is 1. The van der Waals surface area contributed by atoms with E-state index in [0.717, 1.165) is 5.92 Å². The van der Waals surface area contributed by atoms with Gasteiger partial charge in [-0.05, 0) is 44.3 Å². The zero-order valence-corrected chi connectivity index (χ0v) is 12.7. The number of hydrogen-bond donors (Lipinski definition) is 1. The third kappa shape index (κ3) is 3.42. The van der Waals surface area contributed by atoms with Gasteiger partial charge in [0, 0.05) is 18.6 Å². The number of nitrogens with zero attached hydrogens (tertiary/aromatic N) is 1. The molecule has 2 nitrogen and oxygen atoms in total. The van der Waals surface area contributed by atoms with Crippen molar-refractivity contribution in [2.24, 2.45) is 5.92 Å².